The van der Waals surface area contributed by atoms with Gasteiger partial charge in [-0.05, 0) is 6.92 Å². The topological polar surface area (TPSA) is 55.6 Å². The van der Waals surface area contributed by atoms with Gasteiger partial charge < -0.3 is 15.4 Å². The maximum Gasteiger partial charge on any atom is 0.224 e. The molecule has 1 heterocycles. The molecular formula is C8H16N2O2. The predicted octanol–water partition coefficient (Wildman–Crippen LogP) is -0.417. The highest BCUT2D eigenvalue weighted by molar-refractivity contribution is 5.76. The van der Waals surface area contributed by atoms with Gasteiger partial charge in [-0.3, -0.25) is 4.79 Å². The Morgan fingerprint density at radius 2 is 2.50 bits per heavy atom. The number of nitrogens with two attached hydrogens (primary N) is 1. The molecule has 1 amide bonds. The fourth-order valence-electron chi connectivity index (χ4n) is 1.36. The number of amides is 1. The molecule has 0 aromatic rings. The fraction of sp³-hybridized carbons (Fsp3) is 0.875. The molecule has 0 aromatic heterocycles. The number of carbonyl (C=O) groups excluding carboxylic acids is 1. The summed E-state index contributed by atoms with van der Waals surface area (Å²) in [6, 6.07) is 0.206. The van der Waals surface area contributed by atoms with Gasteiger partial charge in [-0.25, -0.2) is 0 Å². The first kappa shape index (κ1) is 9.48. The smallest absolute Gasteiger partial charge is 0.224 e. The molecule has 0 saturated carbocycles. The predicted molar refractivity (Wildman–Crippen MR) is 45.7 cm³/mol. The van der Waals surface area contributed by atoms with E-state index in [4.69, 9.17) is 10.5 Å². The standard InChI is InChI=1S/C8H16N2O2/c1-7-6-12-5-4-10(7)8(11)2-3-9/h7H,2-6,9H2,1H3/t7-/m1/s1. The molecule has 0 unspecified atom stereocenters. The zero-order valence-corrected chi connectivity index (χ0v) is 7.45. The van der Waals surface area contributed by atoms with Gasteiger partial charge in [0.25, 0.3) is 0 Å². The van der Waals surface area contributed by atoms with Crippen LogP contribution in [0.25, 0.3) is 0 Å². The molecule has 0 radical (unpaired) electrons. The summed E-state index contributed by atoms with van der Waals surface area (Å²) >= 11 is 0. The minimum Gasteiger partial charge on any atom is -0.377 e. The van der Waals surface area contributed by atoms with Crippen molar-refractivity contribution in [1.82, 2.24) is 4.90 Å². The minimum absolute atomic E-state index is 0.147. The molecule has 0 bridgehead atoms. The highest BCUT2D eigenvalue weighted by Gasteiger charge is 2.22. The van der Waals surface area contributed by atoms with Crippen molar-refractivity contribution in [2.24, 2.45) is 5.73 Å². The van der Waals surface area contributed by atoms with Crippen LogP contribution in [0.15, 0.2) is 0 Å². The Morgan fingerprint density at radius 3 is 3.08 bits per heavy atom. The number of carbonyl (C=O) groups is 1. The van der Waals surface area contributed by atoms with E-state index in [9.17, 15) is 4.79 Å². The van der Waals surface area contributed by atoms with Crippen molar-refractivity contribution < 1.29 is 9.53 Å². The summed E-state index contributed by atoms with van der Waals surface area (Å²) in [6.45, 7) is 4.44. The molecule has 0 aliphatic carbocycles. The Labute approximate surface area is 72.7 Å². The van der Waals surface area contributed by atoms with Crippen LogP contribution in [0.2, 0.25) is 0 Å². The first-order valence-corrected chi connectivity index (χ1v) is 4.33. The number of nitrogens with zero attached hydrogens (tertiary/aromatic N) is 1. The van der Waals surface area contributed by atoms with Crippen LogP contribution in [-0.4, -0.2) is 43.2 Å². The summed E-state index contributed by atoms with van der Waals surface area (Å²) in [5.41, 5.74) is 5.30. The molecule has 12 heavy (non-hydrogen) atoms. The second-order valence-electron chi connectivity index (χ2n) is 3.05. The van der Waals surface area contributed by atoms with Crippen molar-refractivity contribution >= 4 is 5.91 Å². The van der Waals surface area contributed by atoms with Crippen LogP contribution in [0.4, 0.5) is 0 Å². The van der Waals surface area contributed by atoms with Gasteiger partial charge in [0.2, 0.25) is 5.91 Å². The van der Waals surface area contributed by atoms with E-state index in [-0.39, 0.29) is 11.9 Å². The molecule has 1 rings (SSSR count). The summed E-state index contributed by atoms with van der Waals surface area (Å²) in [7, 11) is 0. The third kappa shape index (κ3) is 2.19. The highest BCUT2D eigenvalue weighted by Crippen LogP contribution is 2.07. The Balaban J connectivity index is 2.42. The Bertz CT molecular complexity index is 161. The lowest BCUT2D eigenvalue weighted by Crippen LogP contribution is -2.47. The van der Waals surface area contributed by atoms with Crippen molar-refractivity contribution in [3.05, 3.63) is 0 Å². The molecule has 1 fully saturated rings. The van der Waals surface area contributed by atoms with Gasteiger partial charge in [0.15, 0.2) is 0 Å². The number of morpholine rings is 1. The van der Waals surface area contributed by atoms with Crippen molar-refractivity contribution in [3.8, 4) is 0 Å². The first-order chi connectivity index (χ1) is 5.75. The van der Waals surface area contributed by atoms with Crippen LogP contribution in [0.3, 0.4) is 0 Å². The second-order valence-corrected chi connectivity index (χ2v) is 3.05. The summed E-state index contributed by atoms with van der Waals surface area (Å²) in [5.74, 6) is 0.147. The van der Waals surface area contributed by atoms with E-state index < -0.39 is 0 Å². The second kappa shape index (κ2) is 4.42. The molecule has 1 aliphatic rings. The lowest BCUT2D eigenvalue weighted by Gasteiger charge is -2.33. The van der Waals surface area contributed by atoms with E-state index >= 15 is 0 Å². The molecule has 4 heteroatoms. The molecule has 0 aromatic carbocycles. The van der Waals surface area contributed by atoms with Crippen LogP contribution in [0.5, 0.6) is 0 Å². The zero-order chi connectivity index (χ0) is 8.97. The van der Waals surface area contributed by atoms with E-state index in [1.807, 2.05) is 11.8 Å². The highest BCUT2D eigenvalue weighted by atomic mass is 16.5. The zero-order valence-electron chi connectivity index (χ0n) is 7.45. The van der Waals surface area contributed by atoms with E-state index in [0.29, 0.717) is 32.7 Å². The lowest BCUT2D eigenvalue weighted by molar-refractivity contribution is -0.138. The Kier molecular flexibility index (Phi) is 3.49. The van der Waals surface area contributed by atoms with Crippen LogP contribution >= 0.6 is 0 Å². The van der Waals surface area contributed by atoms with Gasteiger partial charge >= 0.3 is 0 Å². The molecule has 2 N–H and O–H groups in total. The molecule has 0 spiro atoms. The number of hydrogen-bond donors (Lipinski definition) is 1. The van der Waals surface area contributed by atoms with E-state index in [2.05, 4.69) is 0 Å². The molecule has 1 atom stereocenters. The SMILES string of the molecule is C[C@@H]1COCCN1C(=O)CCN. The summed E-state index contributed by atoms with van der Waals surface area (Å²) in [6.07, 6.45) is 0.449. The van der Waals surface area contributed by atoms with Gasteiger partial charge in [-0.1, -0.05) is 0 Å². The Hall–Kier alpha value is -0.610. The van der Waals surface area contributed by atoms with E-state index in [0.717, 1.165) is 0 Å². The average molecular weight is 172 g/mol. The lowest BCUT2D eigenvalue weighted by atomic mass is 10.2. The van der Waals surface area contributed by atoms with Crippen LogP contribution in [-0.2, 0) is 9.53 Å². The third-order valence-corrected chi connectivity index (χ3v) is 2.05. The average Bonchev–Trinajstić information content (AvgIpc) is 2.05. The molecule has 1 saturated heterocycles. The van der Waals surface area contributed by atoms with Crippen molar-refractivity contribution in [2.75, 3.05) is 26.3 Å². The first-order valence-electron chi connectivity index (χ1n) is 4.33. The van der Waals surface area contributed by atoms with Crippen LogP contribution in [0.1, 0.15) is 13.3 Å². The number of hydrogen-bond acceptors (Lipinski definition) is 3. The van der Waals surface area contributed by atoms with Crippen LogP contribution < -0.4 is 5.73 Å². The third-order valence-electron chi connectivity index (χ3n) is 2.05. The van der Waals surface area contributed by atoms with Gasteiger partial charge in [0.05, 0.1) is 19.3 Å². The summed E-state index contributed by atoms with van der Waals surface area (Å²) in [4.78, 5) is 13.2. The number of rotatable bonds is 2. The normalized spacial score (nSPS) is 24.2. The summed E-state index contributed by atoms with van der Waals surface area (Å²) < 4.78 is 5.22. The quantitative estimate of drug-likeness (QED) is 0.615. The minimum atomic E-state index is 0.147. The van der Waals surface area contributed by atoms with Gasteiger partial charge in [0, 0.05) is 19.5 Å². The van der Waals surface area contributed by atoms with Gasteiger partial charge in [0.1, 0.15) is 0 Å². The van der Waals surface area contributed by atoms with Crippen LogP contribution in [0, 0.1) is 0 Å². The van der Waals surface area contributed by atoms with Gasteiger partial charge in [-0.2, -0.15) is 0 Å². The largest absolute Gasteiger partial charge is 0.377 e. The van der Waals surface area contributed by atoms with Crippen molar-refractivity contribution in [1.29, 1.82) is 0 Å². The van der Waals surface area contributed by atoms with Crippen molar-refractivity contribution in [2.45, 2.75) is 19.4 Å². The molecule has 4 nitrogen and oxygen atoms in total. The maximum atomic E-state index is 11.4. The number of ether oxygens (including phenoxy) is 1. The fourth-order valence-corrected chi connectivity index (χ4v) is 1.36. The van der Waals surface area contributed by atoms with E-state index in [1.54, 1.807) is 0 Å². The molecule has 70 valence electrons. The maximum absolute atomic E-state index is 11.4. The van der Waals surface area contributed by atoms with Gasteiger partial charge in [-0.15, -0.1) is 0 Å². The molecular weight excluding hydrogens is 156 g/mol. The van der Waals surface area contributed by atoms with E-state index in [1.165, 1.54) is 0 Å². The Morgan fingerprint density at radius 1 is 1.75 bits per heavy atom. The summed E-state index contributed by atoms with van der Waals surface area (Å²) in [5, 5.41) is 0. The molecule has 1 aliphatic heterocycles. The monoisotopic (exact) mass is 172 g/mol. The van der Waals surface area contributed by atoms with Crippen molar-refractivity contribution in [3.63, 3.8) is 0 Å².